The molecule has 1 aromatic carbocycles. The predicted octanol–water partition coefficient (Wildman–Crippen LogP) is 2.56. The molecule has 0 saturated heterocycles. The molecule has 6 heteroatoms. The predicted molar refractivity (Wildman–Crippen MR) is 79.3 cm³/mol. The Kier molecular flexibility index (Phi) is 4.34. The number of aromatic nitrogens is 2. The zero-order valence-electron chi connectivity index (χ0n) is 11.4. The number of rotatable bonds is 5. The van der Waals surface area contributed by atoms with Crippen molar-refractivity contribution in [3.8, 4) is 5.75 Å². The highest BCUT2D eigenvalue weighted by atomic mass is 32.1. The van der Waals surface area contributed by atoms with Crippen LogP contribution in [-0.4, -0.2) is 14.8 Å². The van der Waals surface area contributed by atoms with Crippen molar-refractivity contribution in [2.75, 3.05) is 0 Å². The van der Waals surface area contributed by atoms with E-state index in [9.17, 15) is 4.39 Å². The number of benzene rings is 1. The van der Waals surface area contributed by atoms with Crippen LogP contribution in [0.2, 0.25) is 0 Å². The smallest absolute Gasteiger partial charge is 0.165 e. The van der Waals surface area contributed by atoms with Gasteiger partial charge in [0.1, 0.15) is 11.6 Å². The SMILES string of the molecule is CCn1nc(C)cc1COc1ccc(C(N)=S)cc1F. The van der Waals surface area contributed by atoms with Crippen LogP contribution in [0, 0.1) is 12.7 Å². The molecule has 1 heterocycles. The number of hydrogen-bond donors (Lipinski definition) is 1. The Morgan fingerprint density at radius 1 is 1.45 bits per heavy atom. The summed E-state index contributed by atoms with van der Waals surface area (Å²) < 4.78 is 21.2. The molecule has 0 fully saturated rings. The highest BCUT2D eigenvalue weighted by Crippen LogP contribution is 2.20. The van der Waals surface area contributed by atoms with E-state index in [1.807, 2.05) is 24.6 Å². The summed E-state index contributed by atoms with van der Waals surface area (Å²) in [7, 11) is 0. The summed E-state index contributed by atoms with van der Waals surface area (Å²) in [6.07, 6.45) is 0. The first kappa shape index (κ1) is 14.5. The van der Waals surface area contributed by atoms with Crippen molar-refractivity contribution in [2.45, 2.75) is 27.0 Å². The fourth-order valence-corrected chi connectivity index (χ4v) is 2.04. The quantitative estimate of drug-likeness (QED) is 0.861. The maximum atomic E-state index is 13.8. The first-order valence-electron chi connectivity index (χ1n) is 6.26. The minimum absolute atomic E-state index is 0.162. The van der Waals surface area contributed by atoms with Crippen LogP contribution in [-0.2, 0) is 13.2 Å². The third-order valence-electron chi connectivity index (χ3n) is 2.88. The van der Waals surface area contributed by atoms with E-state index in [1.54, 1.807) is 6.07 Å². The Morgan fingerprint density at radius 3 is 2.80 bits per heavy atom. The summed E-state index contributed by atoms with van der Waals surface area (Å²) in [4.78, 5) is 0.162. The van der Waals surface area contributed by atoms with Gasteiger partial charge in [0.2, 0.25) is 0 Å². The van der Waals surface area contributed by atoms with Gasteiger partial charge in [-0.3, -0.25) is 4.68 Å². The Labute approximate surface area is 122 Å². The molecule has 0 radical (unpaired) electrons. The largest absolute Gasteiger partial charge is 0.484 e. The van der Waals surface area contributed by atoms with Gasteiger partial charge in [0.05, 0.1) is 11.4 Å². The minimum Gasteiger partial charge on any atom is -0.484 e. The molecule has 2 rings (SSSR count). The van der Waals surface area contributed by atoms with E-state index in [4.69, 9.17) is 22.7 Å². The van der Waals surface area contributed by atoms with Crippen LogP contribution in [0.3, 0.4) is 0 Å². The molecule has 4 nitrogen and oxygen atoms in total. The molecule has 106 valence electrons. The van der Waals surface area contributed by atoms with Crippen molar-refractivity contribution in [1.29, 1.82) is 0 Å². The van der Waals surface area contributed by atoms with Crippen LogP contribution >= 0.6 is 12.2 Å². The zero-order valence-corrected chi connectivity index (χ0v) is 12.2. The second kappa shape index (κ2) is 6.00. The first-order chi connectivity index (χ1) is 9.51. The number of ether oxygens (including phenoxy) is 1. The van der Waals surface area contributed by atoms with Gasteiger partial charge in [-0.05, 0) is 38.1 Å². The maximum absolute atomic E-state index is 13.8. The van der Waals surface area contributed by atoms with Gasteiger partial charge < -0.3 is 10.5 Å². The van der Waals surface area contributed by atoms with Crippen LogP contribution in [0.1, 0.15) is 23.9 Å². The molecule has 0 saturated carbocycles. The normalized spacial score (nSPS) is 10.6. The third-order valence-corrected chi connectivity index (χ3v) is 3.11. The molecule has 0 aliphatic heterocycles. The fourth-order valence-electron chi connectivity index (χ4n) is 1.91. The fraction of sp³-hybridized carbons (Fsp3) is 0.286. The van der Waals surface area contributed by atoms with Gasteiger partial charge in [-0.1, -0.05) is 12.2 Å². The summed E-state index contributed by atoms with van der Waals surface area (Å²) >= 11 is 4.80. The summed E-state index contributed by atoms with van der Waals surface area (Å²) in [5, 5.41) is 4.31. The molecule has 0 aliphatic rings. The van der Waals surface area contributed by atoms with E-state index in [-0.39, 0.29) is 17.3 Å². The molecule has 0 unspecified atom stereocenters. The summed E-state index contributed by atoms with van der Waals surface area (Å²) in [5.41, 5.74) is 7.75. The molecule has 0 atom stereocenters. The van der Waals surface area contributed by atoms with Crippen LogP contribution < -0.4 is 10.5 Å². The molecule has 20 heavy (non-hydrogen) atoms. The number of hydrogen-bond acceptors (Lipinski definition) is 3. The zero-order chi connectivity index (χ0) is 14.7. The van der Waals surface area contributed by atoms with Gasteiger partial charge in [0.25, 0.3) is 0 Å². The molecular formula is C14H16FN3OS. The number of aryl methyl sites for hydroxylation is 2. The van der Waals surface area contributed by atoms with E-state index in [1.165, 1.54) is 12.1 Å². The molecule has 0 bridgehead atoms. The lowest BCUT2D eigenvalue weighted by Crippen LogP contribution is -2.10. The molecule has 1 aromatic heterocycles. The maximum Gasteiger partial charge on any atom is 0.165 e. The Balaban J connectivity index is 2.12. The number of thiocarbonyl (C=S) groups is 1. The van der Waals surface area contributed by atoms with Crippen molar-refractivity contribution in [3.05, 3.63) is 47.0 Å². The lowest BCUT2D eigenvalue weighted by molar-refractivity contribution is 0.278. The average molecular weight is 293 g/mol. The van der Waals surface area contributed by atoms with E-state index in [0.29, 0.717) is 5.56 Å². The second-order valence-electron chi connectivity index (χ2n) is 4.39. The topological polar surface area (TPSA) is 53.1 Å². The molecule has 2 N–H and O–H groups in total. The van der Waals surface area contributed by atoms with E-state index in [0.717, 1.165) is 17.9 Å². The van der Waals surface area contributed by atoms with Crippen LogP contribution in [0.25, 0.3) is 0 Å². The summed E-state index contributed by atoms with van der Waals surface area (Å²) in [6.45, 7) is 4.91. The third kappa shape index (κ3) is 3.14. The monoisotopic (exact) mass is 293 g/mol. The number of nitrogens with zero attached hydrogens (tertiary/aromatic N) is 2. The Morgan fingerprint density at radius 2 is 2.20 bits per heavy atom. The van der Waals surface area contributed by atoms with Gasteiger partial charge in [0, 0.05) is 12.1 Å². The van der Waals surface area contributed by atoms with Crippen LogP contribution in [0.4, 0.5) is 4.39 Å². The van der Waals surface area contributed by atoms with Gasteiger partial charge in [-0.15, -0.1) is 0 Å². The van der Waals surface area contributed by atoms with Crippen molar-refractivity contribution in [1.82, 2.24) is 9.78 Å². The van der Waals surface area contributed by atoms with E-state index in [2.05, 4.69) is 5.10 Å². The Hall–Kier alpha value is -1.95. The first-order valence-corrected chi connectivity index (χ1v) is 6.67. The van der Waals surface area contributed by atoms with E-state index < -0.39 is 5.82 Å². The van der Waals surface area contributed by atoms with Crippen molar-refractivity contribution in [3.63, 3.8) is 0 Å². The summed E-state index contributed by atoms with van der Waals surface area (Å²) in [6, 6.07) is 6.37. The van der Waals surface area contributed by atoms with E-state index >= 15 is 0 Å². The molecule has 0 aliphatic carbocycles. The molecular weight excluding hydrogens is 277 g/mol. The summed E-state index contributed by atoms with van der Waals surface area (Å²) in [5.74, 6) is -0.305. The minimum atomic E-state index is -0.477. The highest BCUT2D eigenvalue weighted by molar-refractivity contribution is 7.80. The Bertz CT molecular complexity index is 639. The second-order valence-corrected chi connectivity index (χ2v) is 4.83. The molecule has 0 spiro atoms. The van der Waals surface area contributed by atoms with Crippen LogP contribution in [0.5, 0.6) is 5.75 Å². The van der Waals surface area contributed by atoms with Crippen molar-refractivity contribution < 1.29 is 9.13 Å². The highest BCUT2D eigenvalue weighted by Gasteiger charge is 2.09. The van der Waals surface area contributed by atoms with Crippen molar-refractivity contribution in [2.24, 2.45) is 5.73 Å². The lowest BCUT2D eigenvalue weighted by atomic mass is 10.2. The van der Waals surface area contributed by atoms with Gasteiger partial charge >= 0.3 is 0 Å². The van der Waals surface area contributed by atoms with Crippen molar-refractivity contribution >= 4 is 17.2 Å². The lowest BCUT2D eigenvalue weighted by Gasteiger charge is -2.09. The molecule has 2 aromatic rings. The standard InChI is InChI=1S/C14H16FN3OS/c1-3-18-11(6-9(2)17-18)8-19-13-5-4-10(14(16)20)7-12(13)15/h4-7H,3,8H2,1-2H3,(H2,16,20). The average Bonchev–Trinajstić information content (AvgIpc) is 2.77. The van der Waals surface area contributed by atoms with Crippen LogP contribution in [0.15, 0.2) is 24.3 Å². The van der Waals surface area contributed by atoms with Gasteiger partial charge in [-0.2, -0.15) is 5.10 Å². The molecule has 0 amide bonds. The van der Waals surface area contributed by atoms with Gasteiger partial charge in [0.15, 0.2) is 11.6 Å². The number of halogens is 1. The van der Waals surface area contributed by atoms with Gasteiger partial charge in [-0.25, -0.2) is 4.39 Å². The number of nitrogens with two attached hydrogens (primary N) is 1.